The predicted molar refractivity (Wildman–Crippen MR) is 111 cm³/mol. The summed E-state index contributed by atoms with van der Waals surface area (Å²) in [4.78, 5) is 11.1. The smallest absolute Gasteiger partial charge is 0.243 e. The Hall–Kier alpha value is -2.23. The Labute approximate surface area is 172 Å². The summed E-state index contributed by atoms with van der Waals surface area (Å²) in [7, 11) is -7.97. The van der Waals surface area contributed by atoms with Gasteiger partial charge in [-0.3, -0.25) is 4.79 Å². The van der Waals surface area contributed by atoms with Gasteiger partial charge in [-0.25, -0.2) is 16.8 Å². The van der Waals surface area contributed by atoms with Gasteiger partial charge in [0, 0.05) is 18.5 Å². The number of nitrogens with zero attached hydrogens (tertiary/aromatic N) is 1. The molecule has 0 aliphatic rings. The van der Waals surface area contributed by atoms with Crippen LogP contribution in [0.3, 0.4) is 0 Å². The van der Waals surface area contributed by atoms with Crippen LogP contribution in [0.4, 0.5) is 0 Å². The molecule has 0 fully saturated rings. The zero-order chi connectivity index (χ0) is 22.0. The molecular formula is C20H26N2O5S2. The molecule has 0 unspecified atom stereocenters. The SMILES string of the molecule is Cc1ccc(S(=O)(=O)c2ccccc2)cc1S(=O)(=O)N(CCC(N)=O)C(C)(C)C. The quantitative estimate of drug-likeness (QED) is 0.713. The second-order valence-corrected chi connectivity index (χ2v) is 11.5. The van der Waals surface area contributed by atoms with Gasteiger partial charge < -0.3 is 5.73 Å². The summed E-state index contributed by atoms with van der Waals surface area (Å²) in [6.07, 6.45) is -0.141. The molecule has 0 atom stereocenters. The number of primary amides is 1. The second-order valence-electron chi connectivity index (χ2n) is 7.71. The molecule has 158 valence electrons. The lowest BCUT2D eigenvalue weighted by Crippen LogP contribution is -2.47. The van der Waals surface area contributed by atoms with Gasteiger partial charge in [0.15, 0.2) is 0 Å². The number of amides is 1. The van der Waals surface area contributed by atoms with Crippen LogP contribution in [0.5, 0.6) is 0 Å². The van der Waals surface area contributed by atoms with Crippen molar-refractivity contribution in [3.8, 4) is 0 Å². The van der Waals surface area contributed by atoms with Gasteiger partial charge in [0.25, 0.3) is 0 Å². The normalized spacial score (nSPS) is 12.9. The van der Waals surface area contributed by atoms with E-state index in [1.54, 1.807) is 45.9 Å². The molecule has 29 heavy (non-hydrogen) atoms. The number of sulfone groups is 1. The number of rotatable bonds is 7. The molecule has 9 heteroatoms. The fraction of sp³-hybridized carbons (Fsp3) is 0.350. The van der Waals surface area contributed by atoms with Gasteiger partial charge in [-0.15, -0.1) is 0 Å². The van der Waals surface area contributed by atoms with Gasteiger partial charge in [0.1, 0.15) is 0 Å². The lowest BCUT2D eigenvalue weighted by atomic mass is 10.1. The molecule has 0 aliphatic carbocycles. The molecule has 0 bridgehead atoms. The molecule has 0 aromatic heterocycles. The number of aryl methyl sites for hydroxylation is 1. The molecule has 0 heterocycles. The van der Waals surface area contributed by atoms with Crippen molar-refractivity contribution in [2.75, 3.05) is 6.54 Å². The molecule has 0 radical (unpaired) electrons. The third kappa shape index (κ3) is 5.04. The minimum absolute atomic E-state index is 0.0774. The number of benzene rings is 2. The predicted octanol–water partition coefficient (Wildman–Crippen LogP) is 2.49. The zero-order valence-electron chi connectivity index (χ0n) is 16.9. The third-order valence-corrected chi connectivity index (χ3v) is 8.47. The highest BCUT2D eigenvalue weighted by Gasteiger charge is 2.35. The summed E-state index contributed by atoms with van der Waals surface area (Å²) in [6, 6.07) is 11.8. The summed E-state index contributed by atoms with van der Waals surface area (Å²) >= 11 is 0. The number of carbonyl (C=O) groups is 1. The van der Waals surface area contributed by atoms with Gasteiger partial charge >= 0.3 is 0 Å². The number of sulfonamides is 1. The molecule has 2 aromatic carbocycles. The fourth-order valence-electron chi connectivity index (χ4n) is 2.91. The van der Waals surface area contributed by atoms with Crippen molar-refractivity contribution in [3.63, 3.8) is 0 Å². The highest BCUT2D eigenvalue weighted by Crippen LogP contribution is 2.30. The van der Waals surface area contributed by atoms with Crippen LogP contribution in [0.25, 0.3) is 0 Å². The van der Waals surface area contributed by atoms with E-state index in [2.05, 4.69) is 0 Å². The molecule has 7 nitrogen and oxygen atoms in total. The summed E-state index contributed by atoms with van der Waals surface area (Å²) < 4.78 is 53.9. The highest BCUT2D eigenvalue weighted by atomic mass is 32.2. The van der Waals surface area contributed by atoms with Crippen LogP contribution in [0.1, 0.15) is 32.8 Å². The van der Waals surface area contributed by atoms with E-state index in [4.69, 9.17) is 5.73 Å². The minimum atomic E-state index is -4.09. The third-order valence-electron chi connectivity index (χ3n) is 4.40. The Balaban J connectivity index is 2.61. The first-order valence-corrected chi connectivity index (χ1v) is 11.9. The Kier molecular flexibility index (Phi) is 6.56. The maximum Gasteiger partial charge on any atom is 0.243 e. The van der Waals surface area contributed by atoms with Gasteiger partial charge in [0.2, 0.25) is 25.8 Å². The lowest BCUT2D eigenvalue weighted by molar-refractivity contribution is -0.118. The van der Waals surface area contributed by atoms with Crippen LogP contribution >= 0.6 is 0 Å². The first kappa shape index (κ1) is 23.1. The number of carbonyl (C=O) groups excluding carboxylic acids is 1. The number of hydrogen-bond donors (Lipinski definition) is 1. The van der Waals surface area contributed by atoms with E-state index in [-0.39, 0.29) is 27.7 Å². The van der Waals surface area contributed by atoms with E-state index in [1.807, 2.05) is 0 Å². The molecule has 0 saturated heterocycles. The maximum absolute atomic E-state index is 13.4. The summed E-state index contributed by atoms with van der Waals surface area (Å²) in [5.41, 5.74) is 4.77. The molecule has 0 aliphatic heterocycles. The van der Waals surface area contributed by atoms with Crippen molar-refractivity contribution < 1.29 is 21.6 Å². The van der Waals surface area contributed by atoms with Crippen LogP contribution in [-0.4, -0.2) is 39.1 Å². The average molecular weight is 439 g/mol. The largest absolute Gasteiger partial charge is 0.370 e. The molecule has 2 N–H and O–H groups in total. The van der Waals surface area contributed by atoms with E-state index in [1.165, 1.54) is 34.6 Å². The van der Waals surface area contributed by atoms with Gasteiger partial charge in [0.05, 0.1) is 14.7 Å². The van der Waals surface area contributed by atoms with Crippen molar-refractivity contribution in [1.82, 2.24) is 4.31 Å². The first-order valence-electron chi connectivity index (χ1n) is 9.00. The number of hydrogen-bond acceptors (Lipinski definition) is 5. The van der Waals surface area contributed by atoms with E-state index in [0.29, 0.717) is 5.56 Å². The molecule has 0 spiro atoms. The summed E-state index contributed by atoms with van der Waals surface area (Å²) in [5.74, 6) is -0.619. The van der Waals surface area contributed by atoms with Gasteiger partial charge in [-0.05, 0) is 57.5 Å². The average Bonchev–Trinajstić information content (AvgIpc) is 2.61. The van der Waals surface area contributed by atoms with Crippen molar-refractivity contribution in [2.24, 2.45) is 5.73 Å². The monoisotopic (exact) mass is 438 g/mol. The summed E-state index contributed by atoms with van der Waals surface area (Å²) in [5, 5.41) is 0. The van der Waals surface area contributed by atoms with E-state index < -0.39 is 31.3 Å². The number of nitrogens with two attached hydrogens (primary N) is 1. The standard InChI is InChI=1S/C20H26N2O5S2/c1-15-10-11-17(28(24,25)16-8-6-5-7-9-16)14-18(15)29(26,27)22(20(2,3)4)13-12-19(21)23/h5-11,14H,12-13H2,1-4H3,(H2,21,23). The molecular weight excluding hydrogens is 412 g/mol. The van der Waals surface area contributed by atoms with Crippen LogP contribution in [0.15, 0.2) is 63.2 Å². The fourth-order valence-corrected chi connectivity index (χ4v) is 6.33. The zero-order valence-corrected chi connectivity index (χ0v) is 18.5. The molecule has 1 amide bonds. The van der Waals surface area contributed by atoms with Crippen LogP contribution in [-0.2, 0) is 24.7 Å². The van der Waals surface area contributed by atoms with Crippen molar-refractivity contribution in [2.45, 2.75) is 54.3 Å². The van der Waals surface area contributed by atoms with Gasteiger partial charge in [-0.2, -0.15) is 4.31 Å². The summed E-state index contributed by atoms with van der Waals surface area (Å²) in [6.45, 7) is 6.60. The maximum atomic E-state index is 13.4. The molecule has 0 saturated carbocycles. The Morgan fingerprint density at radius 2 is 1.55 bits per heavy atom. The molecule has 2 rings (SSSR count). The lowest BCUT2D eigenvalue weighted by Gasteiger charge is -2.34. The Morgan fingerprint density at radius 1 is 0.966 bits per heavy atom. The van der Waals surface area contributed by atoms with Crippen molar-refractivity contribution in [1.29, 1.82) is 0 Å². The van der Waals surface area contributed by atoms with Gasteiger partial charge in [-0.1, -0.05) is 24.3 Å². The second kappa shape index (κ2) is 8.25. The topological polar surface area (TPSA) is 115 Å². The van der Waals surface area contributed by atoms with E-state index >= 15 is 0 Å². The van der Waals surface area contributed by atoms with E-state index in [0.717, 1.165) is 0 Å². The van der Waals surface area contributed by atoms with Crippen LogP contribution in [0, 0.1) is 6.92 Å². The van der Waals surface area contributed by atoms with Crippen LogP contribution in [0.2, 0.25) is 0 Å². The minimum Gasteiger partial charge on any atom is -0.370 e. The highest BCUT2D eigenvalue weighted by molar-refractivity contribution is 7.91. The van der Waals surface area contributed by atoms with Crippen molar-refractivity contribution >= 4 is 25.8 Å². The van der Waals surface area contributed by atoms with Crippen LogP contribution < -0.4 is 5.73 Å². The van der Waals surface area contributed by atoms with Crippen molar-refractivity contribution in [3.05, 3.63) is 54.1 Å². The molecule has 2 aromatic rings. The Morgan fingerprint density at radius 3 is 2.07 bits per heavy atom. The Bertz CT molecular complexity index is 1100. The van der Waals surface area contributed by atoms with E-state index in [9.17, 15) is 21.6 Å². The first-order chi connectivity index (χ1) is 13.3.